The fraction of sp³-hybridized carbons (Fsp3) is 0. The van der Waals surface area contributed by atoms with Gasteiger partial charge >= 0.3 is 0 Å². The molecule has 0 saturated carbocycles. The Morgan fingerprint density at radius 3 is 1.67 bits per heavy atom. The van der Waals surface area contributed by atoms with Gasteiger partial charge in [-0.2, -0.15) is 10.2 Å². The molecule has 42 heavy (non-hydrogen) atoms. The van der Waals surface area contributed by atoms with Gasteiger partial charge in [0.05, 0.1) is 11.0 Å². The van der Waals surface area contributed by atoms with Crippen LogP contribution in [0.25, 0.3) is 27.6 Å². The lowest BCUT2D eigenvalue weighted by atomic mass is 10.1. The molecule has 0 aliphatic carbocycles. The number of hydrogen-bond donors (Lipinski definition) is 0. The highest BCUT2D eigenvalue weighted by Gasteiger charge is 2.41. The second-order valence-corrected chi connectivity index (χ2v) is 14.5. The number of para-hydroxylation sites is 1. The number of aromatic nitrogens is 3. The van der Waals surface area contributed by atoms with E-state index in [1.165, 1.54) is 20.7 Å². The monoisotopic (exact) mass is 596 g/mol. The highest BCUT2D eigenvalue weighted by Crippen LogP contribution is 2.34. The third-order valence-corrected chi connectivity index (χ3v) is 13.1. The highest BCUT2D eigenvalue weighted by molar-refractivity contribution is 7.20. The van der Waals surface area contributed by atoms with E-state index in [4.69, 9.17) is 23.2 Å². The van der Waals surface area contributed by atoms with Crippen molar-refractivity contribution in [3.05, 3.63) is 149 Å². The Morgan fingerprint density at radius 2 is 1.10 bits per heavy atom. The third-order valence-electron chi connectivity index (χ3n) is 7.87. The molecule has 2 heterocycles. The zero-order valence-electron chi connectivity index (χ0n) is 22.2. The Labute approximate surface area is 254 Å². The predicted molar refractivity (Wildman–Crippen MR) is 175 cm³/mol. The molecule has 0 saturated heterocycles. The fourth-order valence-corrected chi connectivity index (χ4v) is 11.3. The minimum Gasteiger partial charge on any atom is -0.292 e. The zero-order valence-corrected chi connectivity index (χ0v) is 24.8. The first-order chi connectivity index (χ1) is 20.6. The topological polar surface area (TPSA) is 54.5 Å². The fourth-order valence-electron chi connectivity index (χ4n) is 6.15. The molecule has 0 atom stereocenters. The minimum absolute atomic E-state index is 0.0137. The smallest absolute Gasteiger partial charge is 0.225 e. The maximum Gasteiger partial charge on any atom is 0.225 e. The van der Waals surface area contributed by atoms with E-state index in [2.05, 4.69) is 131 Å². The Morgan fingerprint density at radius 1 is 0.571 bits per heavy atom. The van der Waals surface area contributed by atoms with Crippen LogP contribution in [-0.4, -0.2) is 22.6 Å². The second-order valence-electron chi connectivity index (χ2n) is 10.0. The van der Waals surface area contributed by atoms with Crippen LogP contribution >= 0.6 is 23.2 Å². The molecule has 7 heteroatoms. The first-order valence-electron chi connectivity index (χ1n) is 13.5. The van der Waals surface area contributed by atoms with Crippen LogP contribution in [0, 0.1) is 11.3 Å². The van der Waals surface area contributed by atoms with E-state index >= 15 is 0 Å². The SMILES string of the molecule is N#Cc1c(Cl)nc(Cl)nc1-n1c2ccccc2c2cc([Si](c3ccccc3)(c3ccccc3)c3ccccc3)ccc21. The molecule has 0 amide bonds. The maximum atomic E-state index is 10.00. The first-order valence-corrected chi connectivity index (χ1v) is 16.2. The molecule has 0 unspecified atom stereocenters. The van der Waals surface area contributed by atoms with E-state index in [1.54, 1.807) is 0 Å². The lowest BCUT2D eigenvalue weighted by Crippen LogP contribution is -2.74. The van der Waals surface area contributed by atoms with Crippen molar-refractivity contribution in [2.75, 3.05) is 0 Å². The molecule has 0 spiro atoms. The molecule has 0 aliphatic heterocycles. The Bertz CT molecular complexity index is 2030. The van der Waals surface area contributed by atoms with Crippen LogP contribution in [0.4, 0.5) is 0 Å². The molecule has 0 fully saturated rings. The number of rotatable bonds is 5. The summed E-state index contributed by atoms with van der Waals surface area (Å²) < 4.78 is 1.96. The van der Waals surface area contributed by atoms with Gasteiger partial charge in [0, 0.05) is 10.8 Å². The average Bonchev–Trinajstić information content (AvgIpc) is 3.36. The van der Waals surface area contributed by atoms with Gasteiger partial charge in [-0.15, -0.1) is 0 Å². The van der Waals surface area contributed by atoms with Crippen LogP contribution in [0.3, 0.4) is 0 Å². The number of hydrogen-bond acceptors (Lipinski definition) is 3. The van der Waals surface area contributed by atoms with Crippen LogP contribution in [0.2, 0.25) is 10.4 Å². The van der Waals surface area contributed by atoms with Gasteiger partial charge in [0.15, 0.2) is 19.0 Å². The summed E-state index contributed by atoms with van der Waals surface area (Å²) in [4.78, 5) is 8.49. The van der Waals surface area contributed by atoms with Crippen molar-refractivity contribution in [2.45, 2.75) is 0 Å². The van der Waals surface area contributed by atoms with Gasteiger partial charge < -0.3 is 0 Å². The number of fused-ring (bicyclic) bond motifs is 3. The summed E-state index contributed by atoms with van der Waals surface area (Å²) in [6.07, 6.45) is 0. The molecule has 0 aliphatic rings. The molecule has 2 aromatic heterocycles. The van der Waals surface area contributed by atoms with Gasteiger partial charge in [0.25, 0.3) is 0 Å². The van der Waals surface area contributed by atoms with Crippen LogP contribution in [0.1, 0.15) is 5.56 Å². The summed E-state index contributed by atoms with van der Waals surface area (Å²) in [6, 6.07) is 49.5. The van der Waals surface area contributed by atoms with Crippen molar-refractivity contribution < 1.29 is 0 Å². The minimum atomic E-state index is -2.74. The molecule has 4 nitrogen and oxygen atoms in total. The first kappa shape index (κ1) is 26.2. The Hall–Kier alpha value is -4.73. The Kier molecular flexibility index (Phi) is 6.60. The zero-order chi connectivity index (χ0) is 28.7. The molecule has 0 radical (unpaired) electrons. The van der Waals surface area contributed by atoms with Crippen molar-refractivity contribution in [2.24, 2.45) is 0 Å². The van der Waals surface area contributed by atoms with Crippen molar-refractivity contribution in [1.82, 2.24) is 14.5 Å². The van der Waals surface area contributed by atoms with Crippen molar-refractivity contribution in [1.29, 1.82) is 5.26 Å². The third kappa shape index (κ3) is 4.04. The van der Waals surface area contributed by atoms with Gasteiger partial charge in [0.2, 0.25) is 5.28 Å². The maximum absolute atomic E-state index is 10.00. The van der Waals surface area contributed by atoms with Gasteiger partial charge in [0.1, 0.15) is 11.6 Å². The number of halogens is 2. The highest BCUT2D eigenvalue weighted by atomic mass is 35.5. The molecule has 5 aromatic carbocycles. The largest absolute Gasteiger partial charge is 0.292 e. The molecular weight excluding hydrogens is 575 g/mol. The van der Waals surface area contributed by atoms with Crippen LogP contribution in [-0.2, 0) is 0 Å². The van der Waals surface area contributed by atoms with Crippen LogP contribution in [0.5, 0.6) is 0 Å². The predicted octanol–water partition coefficient (Wildman–Crippen LogP) is 6.13. The van der Waals surface area contributed by atoms with E-state index in [9.17, 15) is 5.26 Å². The van der Waals surface area contributed by atoms with E-state index in [1.807, 2.05) is 22.8 Å². The summed E-state index contributed by atoms with van der Waals surface area (Å²) in [5.41, 5.74) is 1.98. The molecule has 7 aromatic rings. The summed E-state index contributed by atoms with van der Waals surface area (Å²) in [7, 11) is -2.74. The van der Waals surface area contributed by atoms with E-state index in [0.29, 0.717) is 5.82 Å². The summed E-state index contributed by atoms with van der Waals surface area (Å²) in [5.74, 6) is 0.360. The van der Waals surface area contributed by atoms with Gasteiger partial charge in [-0.05, 0) is 44.5 Å². The molecule has 200 valence electrons. The number of benzene rings is 5. The quantitative estimate of drug-likeness (QED) is 0.104. The summed E-state index contributed by atoms with van der Waals surface area (Å²) in [5, 5.41) is 17.2. The number of nitrogens with zero attached hydrogens (tertiary/aromatic N) is 4. The average molecular weight is 598 g/mol. The van der Waals surface area contributed by atoms with Gasteiger partial charge in [-0.25, -0.2) is 4.98 Å². The van der Waals surface area contributed by atoms with Gasteiger partial charge in [-0.3, -0.25) is 4.57 Å². The molecule has 0 N–H and O–H groups in total. The van der Waals surface area contributed by atoms with E-state index in [-0.39, 0.29) is 16.0 Å². The molecule has 7 rings (SSSR count). The lowest BCUT2D eigenvalue weighted by Gasteiger charge is -2.34. The Balaban J connectivity index is 1.62. The van der Waals surface area contributed by atoms with Crippen LogP contribution in [0.15, 0.2) is 133 Å². The standard InChI is InChI=1S/C35H22Cl2N4Si/c36-33-30(23-38)34(40-35(37)39-33)41-31-19-11-10-18-28(31)29-22-27(20-21-32(29)41)42(24-12-4-1-5-13-24,25-14-6-2-7-15-25)26-16-8-3-9-17-26/h1-22H. The van der Waals surface area contributed by atoms with E-state index in [0.717, 1.165) is 21.8 Å². The summed E-state index contributed by atoms with van der Waals surface area (Å²) in [6.45, 7) is 0. The van der Waals surface area contributed by atoms with Gasteiger partial charge in [-0.1, -0.05) is 133 Å². The van der Waals surface area contributed by atoms with E-state index < -0.39 is 8.07 Å². The lowest BCUT2D eigenvalue weighted by molar-refractivity contribution is 1.03. The number of nitriles is 1. The van der Waals surface area contributed by atoms with Crippen molar-refractivity contribution in [3.8, 4) is 11.9 Å². The molecule has 0 bridgehead atoms. The second kappa shape index (κ2) is 10.6. The van der Waals surface area contributed by atoms with Crippen molar-refractivity contribution in [3.63, 3.8) is 0 Å². The van der Waals surface area contributed by atoms with Crippen LogP contribution < -0.4 is 20.7 Å². The normalized spacial score (nSPS) is 11.5. The summed E-state index contributed by atoms with van der Waals surface area (Å²) >= 11 is 12.6. The molecular formula is C35H22Cl2N4Si. The van der Waals surface area contributed by atoms with Crippen molar-refractivity contribution >= 4 is 73.8 Å².